The highest BCUT2D eigenvalue weighted by molar-refractivity contribution is 8.00. The van der Waals surface area contributed by atoms with Crippen molar-refractivity contribution in [2.24, 2.45) is 23.0 Å². The number of hydrogen-bond donors (Lipinski definition) is 10. The summed E-state index contributed by atoms with van der Waals surface area (Å²) in [6.07, 6.45) is 4.81. The summed E-state index contributed by atoms with van der Waals surface area (Å²) in [5.74, 6) is -1.99. The number of amides is 8. The van der Waals surface area contributed by atoms with Gasteiger partial charge in [-0.3, -0.25) is 33.6 Å². The minimum Gasteiger partial charge on any atom is -0.484 e. The molecule has 2 aliphatic heterocycles. The standard InChI is InChI=1S/C59H93N9O15S/c1-37(2)15-19-61-49(70)30-78-40-25-39(26-41(27-40)79-31-50(71)63-21-17-58(7,8)82-35-57(5,6)55(75)76)42-28-43(54(74)66-24-23-65-48(69)14-12-11-13-47-53-44(34-84-47)67-56(77)68-53)46(81-32-51(72)62-20-16-38(3)4)29-45(42)80-33-52(73)64-22-18-59(9,10)83-36-60/h25-29,37-38,44,47,53H,11-24,30-36,60H2,1-10H3,(H,61,70)(H,62,72)(H,63,71)(H,64,73)(H,65,69)(H,66,74)(H,75,76)(H2,67,68,77)/t44-,47-,53-/m0/s1. The van der Waals surface area contributed by atoms with Gasteiger partial charge in [-0.2, -0.15) is 11.8 Å². The highest BCUT2D eigenvalue weighted by atomic mass is 32.2. The molecule has 2 aromatic rings. The van der Waals surface area contributed by atoms with E-state index in [9.17, 15) is 43.5 Å². The molecule has 11 N–H and O–H groups in total. The summed E-state index contributed by atoms with van der Waals surface area (Å²) < 4.78 is 35.9. The molecule has 8 amide bonds. The van der Waals surface area contributed by atoms with Gasteiger partial charge in [0.25, 0.3) is 29.5 Å². The fraction of sp³-hybridized carbons (Fsp3) is 0.661. The fourth-order valence-corrected chi connectivity index (χ4v) is 10.1. The van der Waals surface area contributed by atoms with E-state index in [1.807, 2.05) is 53.3 Å². The lowest BCUT2D eigenvalue weighted by molar-refractivity contribution is -0.154. The maximum atomic E-state index is 14.4. The van der Waals surface area contributed by atoms with Gasteiger partial charge in [-0.15, -0.1) is 0 Å². The highest BCUT2D eigenvalue weighted by Gasteiger charge is 2.42. The highest BCUT2D eigenvalue weighted by Crippen LogP contribution is 2.40. The van der Waals surface area contributed by atoms with Gasteiger partial charge < -0.3 is 81.8 Å². The molecule has 2 heterocycles. The molecule has 2 fully saturated rings. The van der Waals surface area contributed by atoms with Crippen LogP contribution in [0.2, 0.25) is 0 Å². The zero-order valence-corrected chi connectivity index (χ0v) is 51.6. The molecule has 25 heteroatoms. The van der Waals surface area contributed by atoms with Crippen molar-refractivity contribution in [3.05, 3.63) is 35.9 Å². The summed E-state index contributed by atoms with van der Waals surface area (Å²) >= 11 is 1.82. The summed E-state index contributed by atoms with van der Waals surface area (Å²) in [5.41, 5.74) is 3.52. The molecule has 4 rings (SSSR count). The first-order chi connectivity index (χ1) is 39.6. The molecule has 0 radical (unpaired) electrons. The van der Waals surface area contributed by atoms with Crippen LogP contribution in [0.15, 0.2) is 30.3 Å². The number of ether oxygens (including phenoxy) is 6. The lowest BCUT2D eigenvalue weighted by Crippen LogP contribution is -2.38. The Balaban J connectivity index is 1.64. The molecule has 0 bridgehead atoms. The van der Waals surface area contributed by atoms with Crippen molar-refractivity contribution in [2.75, 3.05) is 84.8 Å². The second-order valence-electron chi connectivity index (χ2n) is 23.7. The molecular formula is C59H93N9O15S. The van der Waals surface area contributed by atoms with E-state index >= 15 is 0 Å². The fourth-order valence-electron chi connectivity index (χ4n) is 8.53. The van der Waals surface area contributed by atoms with E-state index in [0.717, 1.165) is 25.0 Å². The Morgan fingerprint density at radius 2 is 1.14 bits per heavy atom. The zero-order chi connectivity index (χ0) is 62.0. The van der Waals surface area contributed by atoms with Crippen molar-refractivity contribution >= 4 is 59.2 Å². The number of rotatable bonds is 40. The summed E-state index contributed by atoms with van der Waals surface area (Å²) in [4.78, 5) is 104. The van der Waals surface area contributed by atoms with Crippen molar-refractivity contribution in [1.29, 1.82) is 0 Å². The van der Waals surface area contributed by atoms with Crippen LogP contribution in [-0.2, 0) is 38.2 Å². The second kappa shape index (κ2) is 34.4. The zero-order valence-electron chi connectivity index (χ0n) is 50.8. The Bertz CT molecular complexity index is 2530. The molecule has 2 saturated heterocycles. The topological polar surface area (TPSA) is 334 Å². The Kier molecular flexibility index (Phi) is 28.6. The van der Waals surface area contributed by atoms with Crippen LogP contribution in [0, 0.1) is 17.3 Å². The lowest BCUT2D eigenvalue weighted by atomic mass is 9.94. The van der Waals surface area contributed by atoms with Crippen LogP contribution in [0.1, 0.15) is 131 Å². The Morgan fingerprint density at radius 3 is 1.69 bits per heavy atom. The number of nitrogens with one attached hydrogen (secondary N) is 8. The van der Waals surface area contributed by atoms with Crippen molar-refractivity contribution in [2.45, 2.75) is 149 Å². The summed E-state index contributed by atoms with van der Waals surface area (Å²) in [6.45, 7) is 17.9. The predicted molar refractivity (Wildman–Crippen MR) is 319 cm³/mol. The quantitative estimate of drug-likeness (QED) is 0.0251. The van der Waals surface area contributed by atoms with Gasteiger partial charge in [-0.05, 0) is 116 Å². The number of carbonyl (C=O) groups excluding carboxylic acids is 7. The van der Waals surface area contributed by atoms with Gasteiger partial charge in [0.2, 0.25) is 5.91 Å². The average Bonchev–Trinajstić information content (AvgIpc) is 2.85. The largest absolute Gasteiger partial charge is 0.484 e. The third kappa shape index (κ3) is 25.7. The number of carboxylic acid groups (broad SMARTS) is 1. The van der Waals surface area contributed by atoms with Crippen LogP contribution < -0.4 is 67.2 Å². The van der Waals surface area contributed by atoms with Crippen molar-refractivity contribution in [1.82, 2.24) is 42.5 Å². The van der Waals surface area contributed by atoms with E-state index in [-0.39, 0.29) is 115 Å². The van der Waals surface area contributed by atoms with Gasteiger partial charge in [-0.1, -0.05) is 34.1 Å². The molecular weight excluding hydrogens is 1110 g/mol. The van der Waals surface area contributed by atoms with E-state index < -0.39 is 78.5 Å². The molecule has 0 aliphatic carbocycles. The molecule has 24 nitrogen and oxygen atoms in total. The number of thioether (sulfide) groups is 1. The monoisotopic (exact) mass is 1200 g/mol. The van der Waals surface area contributed by atoms with Crippen molar-refractivity contribution in [3.8, 4) is 34.1 Å². The van der Waals surface area contributed by atoms with Gasteiger partial charge in [0, 0.05) is 74.4 Å². The first kappa shape index (κ1) is 69.9. The van der Waals surface area contributed by atoms with Crippen LogP contribution in [0.25, 0.3) is 11.1 Å². The number of benzene rings is 2. The van der Waals surface area contributed by atoms with Gasteiger partial charge in [0.1, 0.15) is 23.0 Å². The number of unbranched alkanes of at least 4 members (excludes halogenated alkanes) is 1. The molecule has 2 aromatic carbocycles. The normalized spacial score (nSPS) is 15.8. The van der Waals surface area contributed by atoms with E-state index in [2.05, 4.69) is 42.5 Å². The predicted octanol–water partition coefficient (Wildman–Crippen LogP) is 4.40. The first-order valence-electron chi connectivity index (χ1n) is 29.0. The number of urea groups is 1. The van der Waals surface area contributed by atoms with Crippen molar-refractivity contribution in [3.63, 3.8) is 0 Å². The molecule has 3 atom stereocenters. The smallest absolute Gasteiger partial charge is 0.315 e. The SMILES string of the molecule is CC(C)CCNC(=O)COc1cc(OCC(=O)NCCC(C)(C)OCC(C)(C)C(=O)O)cc(-c2cc(C(=O)NCCNC(=O)CCCC[C@@H]3SC[C@@H]4NC(=O)N[C@@H]43)c(OCC(=O)NCCC(C)C)cc2OCC(=O)NCCC(C)(C)OCN)c1. The average molecular weight is 1200 g/mol. The van der Waals surface area contributed by atoms with Crippen LogP contribution >= 0.6 is 11.8 Å². The maximum absolute atomic E-state index is 14.4. The van der Waals surface area contributed by atoms with E-state index in [0.29, 0.717) is 50.6 Å². The number of carboxylic acids is 1. The lowest BCUT2D eigenvalue weighted by Gasteiger charge is -2.29. The van der Waals surface area contributed by atoms with Gasteiger partial charge in [-0.25, -0.2) is 4.79 Å². The number of carbonyl (C=O) groups is 8. The summed E-state index contributed by atoms with van der Waals surface area (Å²) in [5, 5.41) is 32.7. The third-order valence-electron chi connectivity index (χ3n) is 13.9. The molecule has 0 saturated carbocycles. The maximum Gasteiger partial charge on any atom is 0.315 e. The van der Waals surface area contributed by atoms with Crippen LogP contribution in [0.4, 0.5) is 4.79 Å². The minimum atomic E-state index is -1.12. The molecule has 0 unspecified atom stereocenters. The van der Waals surface area contributed by atoms with Crippen molar-refractivity contribution < 1.29 is 71.9 Å². The summed E-state index contributed by atoms with van der Waals surface area (Å²) in [7, 11) is 0. The summed E-state index contributed by atoms with van der Waals surface area (Å²) in [6, 6.07) is 7.50. The minimum absolute atomic E-state index is 0.00479. The molecule has 2 aliphatic rings. The van der Waals surface area contributed by atoms with E-state index in [1.165, 1.54) is 18.2 Å². The van der Waals surface area contributed by atoms with Gasteiger partial charge in [0.15, 0.2) is 26.4 Å². The van der Waals surface area contributed by atoms with Crippen LogP contribution in [-0.4, -0.2) is 166 Å². The number of nitrogens with two attached hydrogens (primary N) is 1. The molecule has 0 spiro atoms. The Hall–Kier alpha value is -6.57. The Labute approximate surface area is 498 Å². The van der Waals surface area contributed by atoms with Crippen LogP contribution in [0.5, 0.6) is 23.0 Å². The number of fused-ring (bicyclic) bond motifs is 1. The number of aliphatic carboxylic acids is 1. The number of hydrogen-bond acceptors (Lipinski definition) is 16. The Morgan fingerprint density at radius 1 is 0.631 bits per heavy atom. The second-order valence-corrected chi connectivity index (χ2v) is 25.0. The van der Waals surface area contributed by atoms with Gasteiger partial charge in [0.05, 0.1) is 47.6 Å². The third-order valence-corrected chi connectivity index (χ3v) is 15.4. The molecule has 0 aromatic heterocycles. The first-order valence-corrected chi connectivity index (χ1v) is 30.1. The molecule has 470 valence electrons. The van der Waals surface area contributed by atoms with E-state index in [1.54, 1.807) is 39.8 Å². The van der Waals surface area contributed by atoms with Gasteiger partial charge >= 0.3 is 12.0 Å². The van der Waals surface area contributed by atoms with Crippen LogP contribution in [0.3, 0.4) is 0 Å². The van der Waals surface area contributed by atoms with E-state index in [4.69, 9.17) is 34.2 Å². The molecule has 84 heavy (non-hydrogen) atoms.